The minimum atomic E-state index is -0.755. The molecule has 0 saturated heterocycles. The van der Waals surface area contributed by atoms with Crippen LogP contribution in [0, 0.1) is 5.82 Å². The number of nitrogens with two attached hydrogens (primary N) is 1. The molecule has 3 nitrogen and oxygen atoms in total. The smallest absolute Gasteiger partial charge is 0.131 e. The number of halogens is 1. The van der Waals surface area contributed by atoms with Crippen molar-refractivity contribution in [3.63, 3.8) is 0 Å². The average Bonchev–Trinajstić information content (AvgIpc) is 2.37. The van der Waals surface area contributed by atoms with Crippen molar-refractivity contribution in [3.8, 4) is 5.75 Å². The molecule has 0 radical (unpaired) electrons. The minimum Gasteiger partial charge on any atom is -0.490 e. The molecule has 3 N–H and O–H groups in total. The number of hydrogen-bond donors (Lipinski definition) is 2. The SMILES string of the molecule is CC(N)c1ccc(OCC2(O)CCCCC2)cc1F. The van der Waals surface area contributed by atoms with Crippen LogP contribution in [0.2, 0.25) is 0 Å². The van der Waals surface area contributed by atoms with Gasteiger partial charge in [-0.3, -0.25) is 0 Å². The summed E-state index contributed by atoms with van der Waals surface area (Å²) in [6.45, 7) is 1.97. The van der Waals surface area contributed by atoms with Crippen LogP contribution in [0.4, 0.5) is 4.39 Å². The molecule has 1 saturated carbocycles. The van der Waals surface area contributed by atoms with Crippen molar-refractivity contribution >= 4 is 0 Å². The highest BCUT2D eigenvalue weighted by Crippen LogP contribution is 2.29. The van der Waals surface area contributed by atoms with Gasteiger partial charge in [-0.05, 0) is 25.8 Å². The van der Waals surface area contributed by atoms with E-state index in [4.69, 9.17) is 10.5 Å². The first-order valence-corrected chi connectivity index (χ1v) is 6.90. The average molecular weight is 267 g/mol. The fourth-order valence-electron chi connectivity index (χ4n) is 2.54. The number of ether oxygens (including phenoxy) is 1. The maximum atomic E-state index is 13.7. The molecule has 1 aliphatic rings. The number of rotatable bonds is 4. The van der Waals surface area contributed by atoms with Crippen molar-refractivity contribution in [2.24, 2.45) is 5.73 Å². The van der Waals surface area contributed by atoms with Crippen LogP contribution in [0.5, 0.6) is 5.75 Å². The van der Waals surface area contributed by atoms with Crippen LogP contribution < -0.4 is 10.5 Å². The Morgan fingerprint density at radius 3 is 2.63 bits per heavy atom. The Morgan fingerprint density at radius 2 is 2.05 bits per heavy atom. The summed E-state index contributed by atoms with van der Waals surface area (Å²) in [5, 5.41) is 10.3. The zero-order valence-corrected chi connectivity index (χ0v) is 11.4. The maximum Gasteiger partial charge on any atom is 0.131 e. The molecule has 1 aromatic rings. The van der Waals surface area contributed by atoms with E-state index in [1.54, 1.807) is 19.1 Å². The largest absolute Gasteiger partial charge is 0.490 e. The van der Waals surface area contributed by atoms with Crippen molar-refractivity contribution in [2.45, 2.75) is 50.7 Å². The lowest BCUT2D eigenvalue weighted by atomic mass is 9.85. The van der Waals surface area contributed by atoms with E-state index in [0.29, 0.717) is 11.3 Å². The summed E-state index contributed by atoms with van der Waals surface area (Å²) in [4.78, 5) is 0. The van der Waals surface area contributed by atoms with Crippen LogP contribution >= 0.6 is 0 Å². The normalized spacial score (nSPS) is 20.0. The van der Waals surface area contributed by atoms with Crippen molar-refractivity contribution in [1.82, 2.24) is 0 Å². The Bertz CT molecular complexity index is 428. The van der Waals surface area contributed by atoms with E-state index in [1.165, 1.54) is 12.5 Å². The molecular formula is C15H22FNO2. The van der Waals surface area contributed by atoms with Crippen LogP contribution in [0.3, 0.4) is 0 Å². The molecule has 0 aromatic heterocycles. The second-order valence-corrected chi connectivity index (χ2v) is 5.55. The van der Waals surface area contributed by atoms with E-state index < -0.39 is 5.60 Å². The molecule has 1 aliphatic carbocycles. The Morgan fingerprint density at radius 1 is 1.37 bits per heavy atom. The summed E-state index contributed by atoms with van der Waals surface area (Å²) in [5.74, 6) is 0.0871. The quantitative estimate of drug-likeness (QED) is 0.882. The second-order valence-electron chi connectivity index (χ2n) is 5.55. The molecule has 106 valence electrons. The lowest BCUT2D eigenvalue weighted by Crippen LogP contribution is -2.37. The molecular weight excluding hydrogens is 245 g/mol. The van der Waals surface area contributed by atoms with Crippen molar-refractivity contribution < 1.29 is 14.2 Å². The van der Waals surface area contributed by atoms with Crippen LogP contribution in [-0.2, 0) is 0 Å². The Labute approximate surface area is 113 Å². The summed E-state index contributed by atoms with van der Waals surface area (Å²) in [6.07, 6.45) is 4.73. The summed E-state index contributed by atoms with van der Waals surface area (Å²) >= 11 is 0. The zero-order valence-electron chi connectivity index (χ0n) is 11.4. The highest BCUT2D eigenvalue weighted by molar-refractivity contribution is 5.30. The molecule has 0 amide bonds. The standard InChI is InChI=1S/C15H22FNO2/c1-11(17)13-6-5-12(9-14(13)16)19-10-15(18)7-3-2-4-8-15/h5-6,9,11,18H,2-4,7-8,10,17H2,1H3. The minimum absolute atomic E-state index is 0.226. The van der Waals surface area contributed by atoms with E-state index >= 15 is 0 Å². The van der Waals surface area contributed by atoms with Gasteiger partial charge in [-0.2, -0.15) is 0 Å². The molecule has 1 fully saturated rings. The third kappa shape index (κ3) is 3.67. The maximum absolute atomic E-state index is 13.7. The fraction of sp³-hybridized carbons (Fsp3) is 0.600. The zero-order chi connectivity index (χ0) is 13.9. The van der Waals surface area contributed by atoms with Crippen molar-refractivity contribution in [2.75, 3.05) is 6.61 Å². The lowest BCUT2D eigenvalue weighted by Gasteiger charge is -2.31. The third-order valence-electron chi connectivity index (χ3n) is 3.75. The first-order chi connectivity index (χ1) is 9.00. The molecule has 19 heavy (non-hydrogen) atoms. The summed E-state index contributed by atoms with van der Waals surface area (Å²) in [6, 6.07) is 4.34. The predicted octanol–water partition coefficient (Wildman–Crippen LogP) is 2.92. The van der Waals surface area contributed by atoms with Gasteiger partial charge in [-0.15, -0.1) is 0 Å². The van der Waals surface area contributed by atoms with E-state index in [2.05, 4.69) is 0 Å². The number of hydrogen-bond acceptors (Lipinski definition) is 3. The summed E-state index contributed by atoms with van der Waals surface area (Å²) in [5.41, 5.74) is 5.38. The Balaban J connectivity index is 1.98. The highest BCUT2D eigenvalue weighted by atomic mass is 19.1. The van der Waals surface area contributed by atoms with Crippen molar-refractivity contribution in [1.29, 1.82) is 0 Å². The van der Waals surface area contributed by atoms with Crippen molar-refractivity contribution in [3.05, 3.63) is 29.6 Å². The van der Waals surface area contributed by atoms with Gasteiger partial charge in [0.15, 0.2) is 0 Å². The molecule has 0 bridgehead atoms. The van der Waals surface area contributed by atoms with Gasteiger partial charge in [0.05, 0.1) is 5.60 Å². The molecule has 0 heterocycles. The van der Waals surface area contributed by atoms with Gasteiger partial charge in [0.1, 0.15) is 18.2 Å². The topological polar surface area (TPSA) is 55.5 Å². The fourth-order valence-corrected chi connectivity index (χ4v) is 2.54. The number of benzene rings is 1. The van der Waals surface area contributed by atoms with Gasteiger partial charge < -0.3 is 15.6 Å². The highest BCUT2D eigenvalue weighted by Gasteiger charge is 2.30. The van der Waals surface area contributed by atoms with E-state index in [9.17, 15) is 9.50 Å². The predicted molar refractivity (Wildman–Crippen MR) is 72.5 cm³/mol. The molecule has 4 heteroatoms. The Hall–Kier alpha value is -1.13. The van der Waals surface area contributed by atoms with Gasteiger partial charge in [0.25, 0.3) is 0 Å². The lowest BCUT2D eigenvalue weighted by molar-refractivity contribution is -0.0339. The van der Waals surface area contributed by atoms with Gasteiger partial charge in [0, 0.05) is 17.7 Å². The number of aliphatic hydroxyl groups is 1. The molecule has 0 spiro atoms. The summed E-state index contributed by atoms with van der Waals surface area (Å²) in [7, 11) is 0. The van der Waals surface area contributed by atoms with E-state index in [1.807, 2.05) is 0 Å². The molecule has 1 aromatic carbocycles. The third-order valence-corrected chi connectivity index (χ3v) is 3.75. The molecule has 2 rings (SSSR count). The van der Waals surface area contributed by atoms with Crippen LogP contribution in [0.1, 0.15) is 50.6 Å². The van der Waals surface area contributed by atoms with Gasteiger partial charge in [-0.25, -0.2) is 4.39 Å². The first-order valence-electron chi connectivity index (χ1n) is 6.90. The second kappa shape index (κ2) is 5.88. The van der Waals surface area contributed by atoms with Gasteiger partial charge in [-0.1, -0.05) is 25.3 Å². The summed E-state index contributed by atoms with van der Waals surface area (Å²) < 4.78 is 19.3. The van der Waals surface area contributed by atoms with Crippen LogP contribution in [0.15, 0.2) is 18.2 Å². The van der Waals surface area contributed by atoms with E-state index in [-0.39, 0.29) is 18.5 Å². The first kappa shape index (κ1) is 14.3. The van der Waals surface area contributed by atoms with E-state index in [0.717, 1.165) is 25.7 Å². The van der Waals surface area contributed by atoms with Crippen LogP contribution in [0.25, 0.3) is 0 Å². The molecule has 1 unspecified atom stereocenters. The molecule has 0 aliphatic heterocycles. The van der Waals surface area contributed by atoms with Crippen LogP contribution in [-0.4, -0.2) is 17.3 Å². The Kier molecular flexibility index (Phi) is 4.42. The van der Waals surface area contributed by atoms with Gasteiger partial charge >= 0.3 is 0 Å². The van der Waals surface area contributed by atoms with Gasteiger partial charge in [0.2, 0.25) is 0 Å². The molecule has 1 atom stereocenters. The monoisotopic (exact) mass is 267 g/mol.